The quantitative estimate of drug-likeness (QED) is 0.430. The topological polar surface area (TPSA) is 121 Å². The number of aliphatic hydroxyl groups is 1. The van der Waals surface area contributed by atoms with Crippen molar-refractivity contribution in [2.45, 2.75) is 18.4 Å². The normalized spacial score (nSPS) is 11.0. The van der Waals surface area contributed by atoms with Gasteiger partial charge < -0.3 is 25.3 Å². The van der Waals surface area contributed by atoms with E-state index in [1.54, 1.807) is 0 Å². The number of hydrogen-bond donors (Lipinski definition) is 3. The number of carbonyl (C=O) groups excluding carboxylic acids is 1. The van der Waals surface area contributed by atoms with Crippen LogP contribution in [0.5, 0.6) is 0 Å². The van der Waals surface area contributed by atoms with Gasteiger partial charge in [-0.15, -0.1) is 0 Å². The van der Waals surface area contributed by atoms with Crippen LogP contribution < -0.4 is 118 Å². The smallest absolute Gasteiger partial charge is 1.00 e. The molecule has 0 radical (unpaired) electrons. The van der Waals surface area contributed by atoms with E-state index in [1.165, 1.54) is 0 Å². The summed E-state index contributed by atoms with van der Waals surface area (Å²) >= 11 is 4.60. The van der Waals surface area contributed by atoms with Gasteiger partial charge in [-0.05, 0) is 0 Å². The maximum Gasteiger partial charge on any atom is 1.00 e. The van der Waals surface area contributed by atoms with E-state index in [0.29, 0.717) is 0 Å². The van der Waals surface area contributed by atoms with Gasteiger partial charge in [-0.3, -0.25) is 9.59 Å². The standard InChI is InChI=1S/C6H7ClO7.4Na.4H/c7-14-4(10)2-6(13,5(11)12)1-3(8)9;;;;;;;;/h13H,1-2H2,(H,8,9)(H,11,12);;;;;;;;/q;4*+1;4*-1. The maximum absolute atomic E-state index is 10.5. The van der Waals surface area contributed by atoms with Crippen molar-refractivity contribution >= 4 is 29.8 Å². The van der Waals surface area contributed by atoms with Crippen molar-refractivity contribution in [1.82, 2.24) is 0 Å². The molecule has 88 valence electrons. The van der Waals surface area contributed by atoms with E-state index >= 15 is 0 Å². The molecule has 0 amide bonds. The molecule has 0 bridgehead atoms. The third kappa shape index (κ3) is 13.6. The van der Waals surface area contributed by atoms with Gasteiger partial charge in [0.15, 0.2) is 5.60 Å². The Labute approximate surface area is 203 Å². The molecule has 1 unspecified atom stereocenters. The predicted molar refractivity (Wildman–Crippen MR) is 45.8 cm³/mol. The van der Waals surface area contributed by atoms with Crippen LogP contribution in [-0.2, 0) is 18.7 Å². The summed E-state index contributed by atoms with van der Waals surface area (Å²) in [6, 6.07) is 0. The van der Waals surface area contributed by atoms with Crippen LogP contribution in [-0.4, -0.2) is 38.8 Å². The maximum atomic E-state index is 10.5. The molecule has 0 spiro atoms. The molecular formula is C6H11ClNa4O7. The van der Waals surface area contributed by atoms with Crippen molar-refractivity contribution in [3.8, 4) is 0 Å². The molecule has 7 nitrogen and oxygen atoms in total. The monoisotopic (exact) mass is 322 g/mol. The van der Waals surface area contributed by atoms with E-state index in [9.17, 15) is 19.5 Å². The summed E-state index contributed by atoms with van der Waals surface area (Å²) < 4.78 is 3.59. The molecule has 0 rings (SSSR count). The minimum Gasteiger partial charge on any atom is -1.00 e. The summed E-state index contributed by atoms with van der Waals surface area (Å²) in [4.78, 5) is 31.2. The van der Waals surface area contributed by atoms with E-state index in [4.69, 9.17) is 10.2 Å². The van der Waals surface area contributed by atoms with Crippen LogP contribution in [0.15, 0.2) is 0 Å². The zero-order valence-electron chi connectivity index (χ0n) is 14.8. The summed E-state index contributed by atoms with van der Waals surface area (Å²) in [5.74, 6) is -4.61. The number of aliphatic carboxylic acids is 2. The van der Waals surface area contributed by atoms with Crippen molar-refractivity contribution in [2.75, 3.05) is 0 Å². The number of carbonyl (C=O) groups is 3. The fourth-order valence-electron chi connectivity index (χ4n) is 0.730. The van der Waals surface area contributed by atoms with E-state index in [1.807, 2.05) is 0 Å². The average molecular weight is 323 g/mol. The SMILES string of the molecule is O=C(O)CC(O)(CC(=O)OCl)C(=O)O.[H-].[H-].[H-].[H-].[Na+].[Na+].[Na+].[Na+]. The largest absolute Gasteiger partial charge is 1.00 e. The van der Waals surface area contributed by atoms with Crippen LogP contribution in [0.3, 0.4) is 0 Å². The fraction of sp³-hybridized carbons (Fsp3) is 0.500. The number of rotatable bonds is 5. The summed E-state index contributed by atoms with van der Waals surface area (Å²) in [5.41, 5.74) is -2.70. The van der Waals surface area contributed by atoms with Gasteiger partial charge in [0.05, 0.1) is 12.8 Å². The van der Waals surface area contributed by atoms with E-state index < -0.39 is 36.4 Å². The predicted octanol–water partition coefficient (Wildman–Crippen LogP) is -12.2. The molecular weight excluding hydrogens is 311 g/mol. The molecule has 0 aromatic carbocycles. The average Bonchev–Trinajstić information content (AvgIpc) is 2.02. The Balaban J connectivity index is -0.0000000302. The second kappa shape index (κ2) is 16.0. The summed E-state index contributed by atoms with van der Waals surface area (Å²) in [6.07, 6.45) is -2.15. The first-order valence-electron chi connectivity index (χ1n) is 3.31. The second-order valence-electron chi connectivity index (χ2n) is 2.53. The fourth-order valence-corrected chi connectivity index (χ4v) is 0.785. The Bertz CT molecular complexity index is 292. The van der Waals surface area contributed by atoms with Gasteiger partial charge in [0.25, 0.3) is 0 Å². The molecule has 0 fully saturated rings. The van der Waals surface area contributed by atoms with Gasteiger partial charge in [-0.2, -0.15) is 0 Å². The van der Waals surface area contributed by atoms with Gasteiger partial charge in [0.1, 0.15) is 11.9 Å². The van der Waals surface area contributed by atoms with Crippen molar-refractivity contribution in [3.05, 3.63) is 0 Å². The second-order valence-corrected chi connectivity index (χ2v) is 2.69. The first-order chi connectivity index (χ1) is 6.31. The number of carboxylic acids is 2. The zero-order valence-corrected chi connectivity index (χ0v) is 19.5. The van der Waals surface area contributed by atoms with Crippen LogP contribution in [0, 0.1) is 0 Å². The Morgan fingerprint density at radius 2 is 1.44 bits per heavy atom. The van der Waals surface area contributed by atoms with Gasteiger partial charge in [-0.1, -0.05) is 0 Å². The third-order valence-electron chi connectivity index (χ3n) is 1.36. The van der Waals surface area contributed by atoms with Gasteiger partial charge >= 0.3 is 136 Å². The molecule has 0 aliphatic heterocycles. The Hall–Kier alpha value is 2.66. The molecule has 1 atom stereocenters. The van der Waals surface area contributed by atoms with Crippen LogP contribution in [0.4, 0.5) is 0 Å². The first kappa shape index (κ1) is 32.6. The minimum absolute atomic E-state index is 0. The van der Waals surface area contributed by atoms with Crippen molar-refractivity contribution < 1.29 is 158 Å². The summed E-state index contributed by atoms with van der Waals surface area (Å²) in [7, 11) is 0. The first-order valence-corrected chi connectivity index (χ1v) is 3.61. The van der Waals surface area contributed by atoms with E-state index in [-0.39, 0.29) is 124 Å². The van der Waals surface area contributed by atoms with Crippen LogP contribution in [0.1, 0.15) is 18.5 Å². The molecule has 12 heteroatoms. The molecule has 0 saturated heterocycles. The van der Waals surface area contributed by atoms with Gasteiger partial charge in [0, 0.05) is 0 Å². The van der Waals surface area contributed by atoms with Crippen molar-refractivity contribution in [2.24, 2.45) is 0 Å². The molecule has 3 N–H and O–H groups in total. The van der Waals surface area contributed by atoms with Crippen LogP contribution in [0.2, 0.25) is 0 Å². The van der Waals surface area contributed by atoms with E-state index in [2.05, 4.69) is 16.2 Å². The molecule has 0 heterocycles. The molecule has 0 aromatic heterocycles. The van der Waals surface area contributed by atoms with Gasteiger partial charge in [0.2, 0.25) is 0 Å². The number of hydrogen-bond acceptors (Lipinski definition) is 5. The van der Waals surface area contributed by atoms with Gasteiger partial charge in [-0.25, -0.2) is 4.79 Å². The van der Waals surface area contributed by atoms with E-state index in [0.717, 1.165) is 0 Å². The van der Waals surface area contributed by atoms with Crippen molar-refractivity contribution in [1.29, 1.82) is 0 Å². The molecule has 0 aliphatic carbocycles. The Kier molecular flexibility index (Phi) is 29.0. The zero-order chi connectivity index (χ0) is 11.4. The number of carboxylic acid groups (broad SMARTS) is 2. The minimum atomic E-state index is -2.70. The van der Waals surface area contributed by atoms with Crippen LogP contribution in [0.25, 0.3) is 0 Å². The number of halogens is 1. The Morgan fingerprint density at radius 1 is 1.06 bits per heavy atom. The third-order valence-corrected chi connectivity index (χ3v) is 1.54. The summed E-state index contributed by atoms with van der Waals surface area (Å²) in [5, 5.41) is 26.0. The van der Waals surface area contributed by atoms with Crippen molar-refractivity contribution in [3.63, 3.8) is 0 Å². The summed E-state index contributed by atoms with van der Waals surface area (Å²) in [6.45, 7) is 0. The molecule has 0 saturated carbocycles. The Morgan fingerprint density at radius 3 is 1.67 bits per heavy atom. The van der Waals surface area contributed by atoms with Crippen LogP contribution >= 0.6 is 11.9 Å². The molecule has 0 aliphatic rings. The molecule has 0 aromatic rings. The molecule has 18 heavy (non-hydrogen) atoms.